The number of ketones is 1. The summed E-state index contributed by atoms with van der Waals surface area (Å²) in [6.45, 7) is 3.88. The molecule has 6 heteroatoms. The molecule has 0 spiro atoms. The van der Waals surface area contributed by atoms with Gasteiger partial charge in [-0.3, -0.25) is 9.59 Å². The first-order chi connectivity index (χ1) is 10.5. The summed E-state index contributed by atoms with van der Waals surface area (Å²) in [5.41, 5.74) is 0.812. The minimum atomic E-state index is -0.367. The van der Waals surface area contributed by atoms with E-state index < -0.39 is 0 Å². The molecule has 1 N–H and O–H groups in total. The van der Waals surface area contributed by atoms with Gasteiger partial charge in [0, 0.05) is 22.6 Å². The Labute approximate surface area is 132 Å². The number of esters is 1. The predicted molar refractivity (Wildman–Crippen MR) is 85.0 cm³/mol. The molecule has 1 aromatic heterocycles. The fourth-order valence-corrected chi connectivity index (χ4v) is 3.41. The second-order valence-corrected chi connectivity index (χ2v) is 5.86. The smallest absolute Gasteiger partial charge is 0.306 e. The van der Waals surface area contributed by atoms with Crippen LogP contribution >= 0.6 is 11.3 Å². The molecule has 0 radical (unpaired) electrons. The molecule has 0 amide bonds. The lowest BCUT2D eigenvalue weighted by Gasteiger charge is -2.03. The SMILES string of the molecule is CCOC(=O)CCC(=O)c1sc2cc(OC)c(O)cc2c1C. The highest BCUT2D eigenvalue weighted by Gasteiger charge is 2.18. The molecule has 0 fully saturated rings. The molecule has 22 heavy (non-hydrogen) atoms. The molecule has 0 bridgehead atoms. The van der Waals surface area contributed by atoms with Crippen LogP contribution in [0.2, 0.25) is 0 Å². The van der Waals surface area contributed by atoms with Crippen molar-refractivity contribution in [3.63, 3.8) is 0 Å². The van der Waals surface area contributed by atoms with Gasteiger partial charge in [0.2, 0.25) is 0 Å². The average Bonchev–Trinajstić information content (AvgIpc) is 2.81. The zero-order valence-electron chi connectivity index (χ0n) is 12.8. The fourth-order valence-electron chi connectivity index (χ4n) is 2.23. The van der Waals surface area contributed by atoms with Crippen molar-refractivity contribution in [2.75, 3.05) is 13.7 Å². The van der Waals surface area contributed by atoms with E-state index in [9.17, 15) is 14.7 Å². The third-order valence-electron chi connectivity index (χ3n) is 3.35. The summed E-state index contributed by atoms with van der Waals surface area (Å²) in [7, 11) is 1.48. The number of aryl methyl sites for hydroxylation is 1. The summed E-state index contributed by atoms with van der Waals surface area (Å²) in [5.74, 6) is -0.0418. The van der Waals surface area contributed by atoms with Gasteiger partial charge in [-0.1, -0.05) is 0 Å². The number of aromatic hydroxyl groups is 1. The maximum Gasteiger partial charge on any atom is 0.306 e. The van der Waals surface area contributed by atoms with Gasteiger partial charge in [-0.25, -0.2) is 0 Å². The molecule has 2 aromatic rings. The highest BCUT2D eigenvalue weighted by molar-refractivity contribution is 7.21. The van der Waals surface area contributed by atoms with Gasteiger partial charge < -0.3 is 14.6 Å². The third-order valence-corrected chi connectivity index (χ3v) is 4.65. The zero-order valence-corrected chi connectivity index (χ0v) is 13.6. The van der Waals surface area contributed by atoms with Crippen LogP contribution in [0.5, 0.6) is 11.5 Å². The number of hydrogen-bond acceptors (Lipinski definition) is 6. The quantitative estimate of drug-likeness (QED) is 0.651. The number of Topliss-reactive ketones (excluding diaryl/α,β-unsaturated/α-hetero) is 1. The van der Waals surface area contributed by atoms with Crippen LogP contribution in [0.3, 0.4) is 0 Å². The zero-order chi connectivity index (χ0) is 16.3. The molecule has 118 valence electrons. The highest BCUT2D eigenvalue weighted by atomic mass is 32.1. The number of carbonyl (C=O) groups excluding carboxylic acids is 2. The van der Waals surface area contributed by atoms with Crippen molar-refractivity contribution in [3.8, 4) is 11.5 Å². The summed E-state index contributed by atoms with van der Waals surface area (Å²) in [4.78, 5) is 24.2. The predicted octanol–water partition coefficient (Wildman–Crippen LogP) is 3.45. The Morgan fingerprint density at radius 2 is 2.00 bits per heavy atom. The average molecular weight is 322 g/mol. The van der Waals surface area contributed by atoms with Crippen molar-refractivity contribution >= 4 is 33.2 Å². The maximum absolute atomic E-state index is 12.3. The minimum absolute atomic E-state index is 0.0430. The van der Waals surface area contributed by atoms with Crippen LogP contribution in [0, 0.1) is 6.92 Å². The van der Waals surface area contributed by atoms with E-state index in [2.05, 4.69) is 0 Å². The molecule has 0 unspecified atom stereocenters. The van der Waals surface area contributed by atoms with E-state index in [0.717, 1.165) is 15.6 Å². The van der Waals surface area contributed by atoms with Crippen LogP contribution in [0.1, 0.15) is 35.0 Å². The van der Waals surface area contributed by atoms with Crippen LogP contribution < -0.4 is 4.74 Å². The van der Waals surface area contributed by atoms with Crippen molar-refractivity contribution in [1.29, 1.82) is 0 Å². The lowest BCUT2D eigenvalue weighted by atomic mass is 10.1. The van der Waals surface area contributed by atoms with Gasteiger partial charge in [0.1, 0.15) is 0 Å². The standard InChI is InChI=1S/C16H18O5S/c1-4-21-15(19)6-5-11(17)16-9(2)10-7-12(18)13(20-3)8-14(10)22-16/h7-8,18H,4-6H2,1-3H3. The van der Waals surface area contributed by atoms with E-state index in [-0.39, 0.29) is 30.3 Å². The monoisotopic (exact) mass is 322 g/mol. The molecular formula is C16H18O5S. The fraction of sp³-hybridized carbons (Fsp3) is 0.375. The number of thiophene rings is 1. The lowest BCUT2D eigenvalue weighted by molar-refractivity contribution is -0.143. The first-order valence-electron chi connectivity index (χ1n) is 6.96. The normalized spacial score (nSPS) is 10.7. The molecule has 0 atom stereocenters. The van der Waals surface area contributed by atoms with E-state index in [1.807, 2.05) is 6.92 Å². The Morgan fingerprint density at radius 3 is 2.64 bits per heavy atom. The number of fused-ring (bicyclic) bond motifs is 1. The Morgan fingerprint density at radius 1 is 1.27 bits per heavy atom. The van der Waals surface area contributed by atoms with Crippen molar-refractivity contribution in [2.24, 2.45) is 0 Å². The number of hydrogen-bond donors (Lipinski definition) is 1. The lowest BCUT2D eigenvalue weighted by Crippen LogP contribution is -2.07. The van der Waals surface area contributed by atoms with Crippen LogP contribution in [0.15, 0.2) is 12.1 Å². The third kappa shape index (κ3) is 3.22. The Balaban J connectivity index is 2.26. The molecule has 0 saturated heterocycles. The van der Waals surface area contributed by atoms with Gasteiger partial charge in [0.05, 0.1) is 25.0 Å². The van der Waals surface area contributed by atoms with Gasteiger partial charge in [0.15, 0.2) is 17.3 Å². The summed E-state index contributed by atoms with van der Waals surface area (Å²) >= 11 is 1.34. The molecule has 0 aliphatic rings. The second-order valence-electron chi connectivity index (χ2n) is 4.80. The number of rotatable bonds is 6. The van der Waals surface area contributed by atoms with Crippen LogP contribution in [-0.4, -0.2) is 30.6 Å². The van der Waals surface area contributed by atoms with E-state index >= 15 is 0 Å². The number of methoxy groups -OCH3 is 1. The van der Waals surface area contributed by atoms with Gasteiger partial charge in [-0.05, 0) is 25.5 Å². The van der Waals surface area contributed by atoms with Gasteiger partial charge in [-0.2, -0.15) is 0 Å². The number of phenolic OH excluding ortho intramolecular Hbond substituents is 1. The minimum Gasteiger partial charge on any atom is -0.504 e. The van der Waals surface area contributed by atoms with Gasteiger partial charge in [0.25, 0.3) is 0 Å². The molecule has 0 saturated carbocycles. The summed E-state index contributed by atoms with van der Waals surface area (Å²) in [6, 6.07) is 3.31. The molecule has 2 rings (SSSR count). The van der Waals surface area contributed by atoms with E-state index in [4.69, 9.17) is 9.47 Å². The number of benzene rings is 1. The molecule has 1 heterocycles. The van der Waals surface area contributed by atoms with Crippen molar-refractivity contribution < 1.29 is 24.2 Å². The number of ether oxygens (including phenoxy) is 2. The molecular weight excluding hydrogens is 304 g/mol. The Kier molecular flexibility index (Phi) is 5.03. The molecule has 0 aliphatic carbocycles. The molecule has 5 nitrogen and oxygen atoms in total. The van der Waals surface area contributed by atoms with Crippen LogP contribution in [0.25, 0.3) is 10.1 Å². The largest absolute Gasteiger partial charge is 0.504 e. The molecule has 1 aromatic carbocycles. The van der Waals surface area contributed by atoms with E-state index in [1.165, 1.54) is 18.4 Å². The Hall–Kier alpha value is -2.08. The first kappa shape index (κ1) is 16.3. The maximum atomic E-state index is 12.3. The number of phenols is 1. The van der Waals surface area contributed by atoms with Gasteiger partial charge >= 0.3 is 5.97 Å². The Bertz CT molecular complexity index is 717. The summed E-state index contributed by atoms with van der Waals surface area (Å²) in [5, 5.41) is 10.7. The van der Waals surface area contributed by atoms with Crippen LogP contribution in [0.4, 0.5) is 0 Å². The van der Waals surface area contributed by atoms with Gasteiger partial charge in [-0.15, -0.1) is 11.3 Å². The van der Waals surface area contributed by atoms with Crippen LogP contribution in [-0.2, 0) is 9.53 Å². The highest BCUT2D eigenvalue weighted by Crippen LogP contribution is 2.38. The second kappa shape index (κ2) is 6.79. The topological polar surface area (TPSA) is 72.8 Å². The van der Waals surface area contributed by atoms with E-state index in [1.54, 1.807) is 19.1 Å². The first-order valence-corrected chi connectivity index (χ1v) is 7.78. The van der Waals surface area contributed by atoms with E-state index in [0.29, 0.717) is 17.2 Å². The van der Waals surface area contributed by atoms with Crippen molar-refractivity contribution in [2.45, 2.75) is 26.7 Å². The summed E-state index contributed by atoms with van der Waals surface area (Å²) in [6.07, 6.45) is 0.199. The summed E-state index contributed by atoms with van der Waals surface area (Å²) < 4.78 is 10.8. The van der Waals surface area contributed by atoms with Crippen molar-refractivity contribution in [3.05, 3.63) is 22.6 Å². The molecule has 0 aliphatic heterocycles. The van der Waals surface area contributed by atoms with Crippen molar-refractivity contribution in [1.82, 2.24) is 0 Å². The number of carbonyl (C=O) groups is 2.